The first kappa shape index (κ1) is 17.4. The van der Waals surface area contributed by atoms with E-state index in [2.05, 4.69) is 10.0 Å². The molecule has 0 bridgehead atoms. The van der Waals surface area contributed by atoms with Crippen molar-refractivity contribution in [3.05, 3.63) is 29.6 Å². The van der Waals surface area contributed by atoms with Crippen molar-refractivity contribution in [2.45, 2.75) is 31.2 Å². The van der Waals surface area contributed by atoms with E-state index in [1.165, 1.54) is 12.1 Å². The van der Waals surface area contributed by atoms with Crippen LogP contribution in [0.15, 0.2) is 23.1 Å². The van der Waals surface area contributed by atoms with Gasteiger partial charge in [-0.15, -0.1) is 12.4 Å². The van der Waals surface area contributed by atoms with Gasteiger partial charge in [0.2, 0.25) is 10.0 Å². The number of hydrogen-bond donors (Lipinski definition) is 2. The van der Waals surface area contributed by atoms with Gasteiger partial charge in [0.15, 0.2) is 0 Å². The van der Waals surface area contributed by atoms with E-state index in [1.54, 1.807) is 6.92 Å². The van der Waals surface area contributed by atoms with Gasteiger partial charge in [0.25, 0.3) is 0 Å². The van der Waals surface area contributed by atoms with Crippen LogP contribution in [0.2, 0.25) is 0 Å². The lowest BCUT2D eigenvalue weighted by atomic mass is 9.97. The molecule has 4 nitrogen and oxygen atoms in total. The number of aryl methyl sites for hydroxylation is 1. The highest BCUT2D eigenvalue weighted by molar-refractivity contribution is 7.89. The van der Waals surface area contributed by atoms with Gasteiger partial charge in [-0.2, -0.15) is 0 Å². The summed E-state index contributed by atoms with van der Waals surface area (Å²) in [6, 6.07) is 3.72. The molecule has 1 heterocycles. The number of sulfonamides is 1. The van der Waals surface area contributed by atoms with E-state index in [0.29, 0.717) is 5.56 Å². The average molecular weight is 323 g/mol. The second-order valence-electron chi connectivity index (χ2n) is 5.11. The van der Waals surface area contributed by atoms with Gasteiger partial charge in [0.05, 0.1) is 4.90 Å². The lowest BCUT2D eigenvalue weighted by molar-refractivity contribution is 0.328. The lowest BCUT2D eigenvalue weighted by Crippen LogP contribution is -2.48. The van der Waals surface area contributed by atoms with Crippen LogP contribution in [0.25, 0.3) is 0 Å². The molecule has 2 unspecified atom stereocenters. The van der Waals surface area contributed by atoms with Crippen LogP contribution >= 0.6 is 12.4 Å². The first-order valence-corrected chi connectivity index (χ1v) is 7.87. The Balaban J connectivity index is 0.00000200. The molecule has 0 amide bonds. The fourth-order valence-corrected chi connectivity index (χ4v) is 3.95. The summed E-state index contributed by atoms with van der Waals surface area (Å²) in [5.41, 5.74) is 0.551. The first-order chi connectivity index (χ1) is 8.90. The van der Waals surface area contributed by atoms with Gasteiger partial charge in [0, 0.05) is 6.04 Å². The maximum absolute atomic E-state index is 13.2. The maximum atomic E-state index is 13.2. The van der Waals surface area contributed by atoms with Crippen molar-refractivity contribution in [1.29, 1.82) is 0 Å². The monoisotopic (exact) mass is 322 g/mol. The van der Waals surface area contributed by atoms with Gasteiger partial charge < -0.3 is 5.32 Å². The van der Waals surface area contributed by atoms with Gasteiger partial charge >= 0.3 is 0 Å². The summed E-state index contributed by atoms with van der Waals surface area (Å²) in [6.45, 7) is 5.24. The molecule has 0 spiro atoms. The Morgan fingerprint density at radius 3 is 2.75 bits per heavy atom. The van der Waals surface area contributed by atoms with E-state index < -0.39 is 15.8 Å². The van der Waals surface area contributed by atoms with E-state index in [9.17, 15) is 12.8 Å². The zero-order chi connectivity index (χ0) is 14.0. The van der Waals surface area contributed by atoms with E-state index in [1.807, 2.05) is 6.92 Å². The van der Waals surface area contributed by atoms with Crippen LogP contribution < -0.4 is 10.0 Å². The van der Waals surface area contributed by atoms with Crippen LogP contribution in [0.4, 0.5) is 4.39 Å². The third-order valence-corrected chi connectivity index (χ3v) is 5.16. The summed E-state index contributed by atoms with van der Waals surface area (Å²) >= 11 is 0. The fourth-order valence-electron chi connectivity index (χ4n) is 2.32. The van der Waals surface area contributed by atoms with E-state index in [4.69, 9.17) is 0 Å². The third-order valence-electron chi connectivity index (χ3n) is 3.53. The second kappa shape index (κ2) is 6.85. The molecule has 0 radical (unpaired) electrons. The van der Waals surface area contributed by atoms with Gasteiger partial charge in [0.1, 0.15) is 5.82 Å². The Hall–Kier alpha value is -0.690. The zero-order valence-electron chi connectivity index (χ0n) is 11.5. The number of piperidine rings is 1. The van der Waals surface area contributed by atoms with Crippen LogP contribution in [0.5, 0.6) is 0 Å². The molecule has 1 aromatic rings. The highest BCUT2D eigenvalue weighted by Crippen LogP contribution is 2.19. The van der Waals surface area contributed by atoms with Crippen molar-refractivity contribution in [3.63, 3.8) is 0 Å². The van der Waals surface area contributed by atoms with Gasteiger partial charge in [-0.05, 0) is 50.0 Å². The number of nitrogens with one attached hydrogen (secondary N) is 2. The van der Waals surface area contributed by atoms with Crippen molar-refractivity contribution in [3.8, 4) is 0 Å². The molecule has 1 aliphatic rings. The maximum Gasteiger partial charge on any atom is 0.241 e. The molecule has 7 heteroatoms. The summed E-state index contributed by atoms with van der Waals surface area (Å²) in [6.07, 6.45) is 0.745. The van der Waals surface area contributed by atoms with Crippen LogP contribution in [0.1, 0.15) is 18.9 Å². The molecular formula is C13H20ClFN2O2S. The largest absolute Gasteiger partial charge is 0.316 e. The Morgan fingerprint density at radius 2 is 2.10 bits per heavy atom. The van der Waals surface area contributed by atoms with Crippen molar-refractivity contribution in [2.75, 3.05) is 13.1 Å². The van der Waals surface area contributed by atoms with E-state index >= 15 is 0 Å². The predicted molar refractivity (Wildman–Crippen MR) is 79.1 cm³/mol. The zero-order valence-corrected chi connectivity index (χ0v) is 13.2. The molecular weight excluding hydrogens is 303 g/mol. The third kappa shape index (κ3) is 3.91. The summed E-state index contributed by atoms with van der Waals surface area (Å²) in [5.74, 6) is -0.318. The summed E-state index contributed by atoms with van der Waals surface area (Å²) < 4.78 is 40.6. The minimum Gasteiger partial charge on any atom is -0.316 e. The van der Waals surface area contributed by atoms with Gasteiger partial charge in [-0.25, -0.2) is 17.5 Å². The molecule has 1 aliphatic heterocycles. The van der Waals surface area contributed by atoms with Crippen molar-refractivity contribution >= 4 is 22.4 Å². The minimum absolute atomic E-state index is 0. The molecule has 2 N–H and O–H groups in total. The molecule has 114 valence electrons. The molecule has 2 atom stereocenters. The molecule has 1 fully saturated rings. The summed E-state index contributed by atoms with van der Waals surface area (Å²) in [7, 11) is -3.66. The summed E-state index contributed by atoms with van der Waals surface area (Å²) in [5, 5.41) is 3.22. The predicted octanol–water partition coefficient (Wildman–Crippen LogP) is 1.83. The highest BCUT2D eigenvalue weighted by atomic mass is 35.5. The molecule has 20 heavy (non-hydrogen) atoms. The molecule has 1 saturated heterocycles. The quantitative estimate of drug-likeness (QED) is 0.892. The van der Waals surface area contributed by atoms with Crippen LogP contribution in [0.3, 0.4) is 0 Å². The van der Waals surface area contributed by atoms with Gasteiger partial charge in [-0.3, -0.25) is 0 Å². The van der Waals surface area contributed by atoms with Crippen LogP contribution in [-0.4, -0.2) is 27.5 Å². The highest BCUT2D eigenvalue weighted by Gasteiger charge is 2.27. The average Bonchev–Trinajstić information content (AvgIpc) is 2.35. The SMILES string of the molecule is Cc1ccc(F)cc1S(=O)(=O)NC1CCNCC1C.Cl. The second-order valence-corrected chi connectivity index (χ2v) is 6.79. The van der Waals surface area contributed by atoms with Crippen molar-refractivity contribution < 1.29 is 12.8 Å². The van der Waals surface area contributed by atoms with E-state index in [-0.39, 0.29) is 29.3 Å². The molecule has 0 aromatic heterocycles. The van der Waals surface area contributed by atoms with Crippen molar-refractivity contribution in [2.24, 2.45) is 5.92 Å². The Labute approximate surface area is 125 Å². The number of rotatable bonds is 3. The fraction of sp³-hybridized carbons (Fsp3) is 0.538. The molecule has 0 aliphatic carbocycles. The Kier molecular flexibility index (Phi) is 5.94. The first-order valence-electron chi connectivity index (χ1n) is 6.39. The smallest absolute Gasteiger partial charge is 0.241 e. The summed E-state index contributed by atoms with van der Waals surface area (Å²) in [4.78, 5) is 0.0261. The van der Waals surface area contributed by atoms with Crippen LogP contribution in [-0.2, 0) is 10.0 Å². The van der Waals surface area contributed by atoms with E-state index in [0.717, 1.165) is 25.6 Å². The minimum atomic E-state index is -3.66. The Bertz CT molecular complexity index is 565. The normalized spacial score (nSPS) is 23.1. The number of halogens is 2. The van der Waals surface area contributed by atoms with Crippen LogP contribution in [0, 0.1) is 18.7 Å². The van der Waals surface area contributed by atoms with Gasteiger partial charge in [-0.1, -0.05) is 13.0 Å². The lowest BCUT2D eigenvalue weighted by Gasteiger charge is -2.30. The number of benzene rings is 1. The molecule has 0 saturated carbocycles. The molecule has 1 aromatic carbocycles. The topological polar surface area (TPSA) is 58.2 Å². The number of hydrogen-bond acceptors (Lipinski definition) is 3. The standard InChI is InChI=1S/C13H19FN2O2S.ClH/c1-9-3-4-11(14)7-13(9)19(17,18)16-12-5-6-15-8-10(12)2;/h3-4,7,10,12,15-16H,5-6,8H2,1-2H3;1H. The Morgan fingerprint density at radius 1 is 1.40 bits per heavy atom. The molecule has 2 rings (SSSR count). The van der Waals surface area contributed by atoms with Crippen molar-refractivity contribution in [1.82, 2.24) is 10.0 Å².